The highest BCUT2D eigenvalue weighted by Crippen LogP contribution is 2.28. The molecule has 0 aliphatic carbocycles. The lowest BCUT2D eigenvalue weighted by molar-refractivity contribution is 0.499. The third kappa shape index (κ3) is 3.03. The number of nitrogens with zero attached hydrogens (tertiary/aromatic N) is 1. The topological polar surface area (TPSA) is 12.4 Å². The van der Waals surface area contributed by atoms with Gasteiger partial charge in [-0.25, -0.2) is 0 Å². The summed E-state index contributed by atoms with van der Waals surface area (Å²) in [5.74, 6) is 0. The van der Waals surface area contributed by atoms with Crippen molar-refractivity contribution in [2.45, 2.75) is 32.4 Å². The van der Waals surface area contributed by atoms with Gasteiger partial charge in [0.2, 0.25) is 0 Å². The number of hydrogen-bond donors (Lipinski definition) is 1. The Morgan fingerprint density at radius 3 is 2.54 bits per heavy atom. The van der Waals surface area contributed by atoms with Crippen LogP contribution in [0.3, 0.4) is 0 Å². The highest BCUT2D eigenvalue weighted by molar-refractivity contribution is 7.82. The van der Waals surface area contributed by atoms with E-state index in [1.54, 1.807) is 0 Å². The fourth-order valence-electron chi connectivity index (χ4n) is 1.06. The molecule has 0 aromatic rings. The predicted octanol–water partition coefficient (Wildman–Crippen LogP) is 3.25. The molecule has 1 heterocycles. The molecule has 0 bridgehead atoms. The average Bonchev–Trinajstić information content (AvgIpc) is 2.08. The first kappa shape index (κ1) is 10.6. The Bertz CT molecular complexity index is 277. The van der Waals surface area contributed by atoms with Crippen LogP contribution in [0, 0.1) is 5.41 Å². The van der Waals surface area contributed by atoms with Crippen molar-refractivity contribution in [3.8, 4) is 0 Å². The zero-order valence-electron chi connectivity index (χ0n) is 8.70. The summed E-state index contributed by atoms with van der Waals surface area (Å²) in [6.45, 7) is 8.50. The zero-order chi connectivity index (χ0) is 10.1. The molecule has 0 spiro atoms. The van der Waals surface area contributed by atoms with Crippen LogP contribution in [0.15, 0.2) is 28.9 Å². The number of allylic oxidation sites excluding steroid dienone is 3. The van der Waals surface area contributed by atoms with E-state index in [2.05, 4.69) is 44.5 Å². The molecule has 0 saturated heterocycles. The quantitative estimate of drug-likeness (QED) is 0.570. The van der Waals surface area contributed by atoms with Crippen LogP contribution in [0.25, 0.3) is 0 Å². The number of thiol groups is 1. The van der Waals surface area contributed by atoms with Crippen molar-refractivity contribution in [3.63, 3.8) is 0 Å². The maximum absolute atomic E-state index is 4.45. The van der Waals surface area contributed by atoms with Gasteiger partial charge in [0.15, 0.2) is 0 Å². The Morgan fingerprint density at radius 1 is 1.38 bits per heavy atom. The molecule has 1 rings (SSSR count). The van der Waals surface area contributed by atoms with Crippen LogP contribution in [-0.4, -0.2) is 11.0 Å². The summed E-state index contributed by atoms with van der Waals surface area (Å²) in [6, 6.07) is 0. The van der Waals surface area contributed by atoms with Gasteiger partial charge in [-0.3, -0.25) is 4.99 Å². The predicted molar refractivity (Wildman–Crippen MR) is 62.6 cm³/mol. The third-order valence-electron chi connectivity index (χ3n) is 1.92. The number of rotatable bonds is 0. The molecule has 1 unspecified atom stereocenters. The fraction of sp³-hybridized carbons (Fsp3) is 0.545. The maximum atomic E-state index is 4.45. The van der Waals surface area contributed by atoms with Crippen molar-refractivity contribution in [1.82, 2.24) is 0 Å². The fourth-order valence-corrected chi connectivity index (χ4v) is 1.21. The molecule has 0 aromatic carbocycles. The molecule has 0 amide bonds. The highest BCUT2D eigenvalue weighted by Gasteiger charge is 2.19. The summed E-state index contributed by atoms with van der Waals surface area (Å²) in [5.41, 5.74) is 1.20. The molecule has 1 aliphatic rings. The summed E-state index contributed by atoms with van der Waals surface area (Å²) in [7, 11) is 0. The largest absolute Gasteiger partial charge is 0.263 e. The zero-order valence-corrected chi connectivity index (χ0v) is 9.60. The van der Waals surface area contributed by atoms with E-state index < -0.39 is 0 Å². The van der Waals surface area contributed by atoms with E-state index in [1.165, 1.54) is 0 Å². The smallest absolute Gasteiger partial charge is 0.0635 e. The van der Waals surface area contributed by atoms with E-state index in [0.29, 0.717) is 0 Å². The van der Waals surface area contributed by atoms with E-state index >= 15 is 0 Å². The van der Waals surface area contributed by atoms with Gasteiger partial charge in [-0.2, -0.15) is 12.6 Å². The van der Waals surface area contributed by atoms with E-state index in [-0.39, 0.29) is 10.2 Å². The molecule has 1 nitrogen and oxygen atoms in total. The molecular weight excluding hydrogens is 178 g/mol. The van der Waals surface area contributed by atoms with Gasteiger partial charge in [0.25, 0.3) is 0 Å². The lowest BCUT2D eigenvalue weighted by Gasteiger charge is -2.18. The second kappa shape index (κ2) is 3.33. The van der Waals surface area contributed by atoms with Crippen molar-refractivity contribution >= 4 is 18.8 Å². The summed E-state index contributed by atoms with van der Waals surface area (Å²) >= 11 is 4.45. The molecule has 0 aromatic heterocycles. The van der Waals surface area contributed by atoms with Gasteiger partial charge in [-0.15, -0.1) is 0 Å². The van der Waals surface area contributed by atoms with Crippen LogP contribution in [0.5, 0.6) is 0 Å². The monoisotopic (exact) mass is 195 g/mol. The summed E-state index contributed by atoms with van der Waals surface area (Å²) < 4.78 is -0.219. The van der Waals surface area contributed by atoms with E-state index in [9.17, 15) is 0 Å². The van der Waals surface area contributed by atoms with Crippen molar-refractivity contribution in [1.29, 1.82) is 0 Å². The van der Waals surface area contributed by atoms with Gasteiger partial charge in [0, 0.05) is 17.3 Å². The minimum Gasteiger partial charge on any atom is -0.263 e. The molecular formula is C11H17NS. The van der Waals surface area contributed by atoms with Gasteiger partial charge in [-0.1, -0.05) is 32.9 Å². The van der Waals surface area contributed by atoms with Gasteiger partial charge >= 0.3 is 0 Å². The Kier molecular flexibility index (Phi) is 2.71. The van der Waals surface area contributed by atoms with Crippen LogP contribution in [0.2, 0.25) is 0 Å². The molecule has 1 atom stereocenters. The molecule has 0 N–H and O–H groups in total. The van der Waals surface area contributed by atoms with E-state index in [0.717, 1.165) is 5.70 Å². The minimum atomic E-state index is -0.219. The van der Waals surface area contributed by atoms with Crippen LogP contribution in [0.4, 0.5) is 0 Å². The van der Waals surface area contributed by atoms with Crippen LogP contribution in [-0.2, 0) is 0 Å². The van der Waals surface area contributed by atoms with Crippen molar-refractivity contribution in [3.05, 3.63) is 23.9 Å². The standard InChI is InChI=1S/C11H17NS/c1-10(2,3)9-6-5-7-11(4,13)8-12-9/h5-8,13H,1-4H3. The number of aliphatic imine (C=N–C) groups is 1. The molecule has 0 fully saturated rings. The Balaban J connectivity index is 2.96. The molecule has 72 valence electrons. The van der Waals surface area contributed by atoms with Gasteiger partial charge in [0.1, 0.15) is 0 Å². The Labute approximate surface area is 86.1 Å². The van der Waals surface area contributed by atoms with E-state index in [4.69, 9.17) is 0 Å². The van der Waals surface area contributed by atoms with Crippen LogP contribution in [0.1, 0.15) is 27.7 Å². The molecule has 2 heteroatoms. The molecule has 1 aliphatic heterocycles. The average molecular weight is 195 g/mol. The van der Waals surface area contributed by atoms with Crippen molar-refractivity contribution in [2.75, 3.05) is 0 Å². The Morgan fingerprint density at radius 2 is 2.00 bits per heavy atom. The minimum absolute atomic E-state index is 0.106. The van der Waals surface area contributed by atoms with Gasteiger partial charge < -0.3 is 0 Å². The normalized spacial score (nSPS) is 28.5. The SMILES string of the molecule is CC1(S)C=CC=C(C(C)(C)C)N=C1. The maximum Gasteiger partial charge on any atom is 0.0635 e. The molecule has 0 saturated carbocycles. The summed E-state index contributed by atoms with van der Waals surface area (Å²) in [5, 5.41) is 0. The second-order valence-corrected chi connectivity index (χ2v) is 5.61. The summed E-state index contributed by atoms with van der Waals surface area (Å²) in [4.78, 5) is 4.44. The van der Waals surface area contributed by atoms with Crippen LogP contribution < -0.4 is 0 Å². The van der Waals surface area contributed by atoms with E-state index in [1.807, 2.05) is 25.3 Å². The van der Waals surface area contributed by atoms with Gasteiger partial charge in [-0.05, 0) is 13.0 Å². The van der Waals surface area contributed by atoms with Crippen LogP contribution >= 0.6 is 12.6 Å². The molecule has 0 radical (unpaired) electrons. The van der Waals surface area contributed by atoms with Gasteiger partial charge in [0.05, 0.1) is 4.75 Å². The van der Waals surface area contributed by atoms with Crippen molar-refractivity contribution < 1.29 is 0 Å². The van der Waals surface area contributed by atoms with Crippen molar-refractivity contribution in [2.24, 2.45) is 10.4 Å². The molecule has 13 heavy (non-hydrogen) atoms. The lowest BCUT2D eigenvalue weighted by atomic mass is 9.92. The Hall–Kier alpha value is -0.500. The second-order valence-electron chi connectivity index (χ2n) is 4.65. The highest BCUT2D eigenvalue weighted by atomic mass is 32.1. The third-order valence-corrected chi connectivity index (χ3v) is 2.19. The first-order valence-corrected chi connectivity index (χ1v) is 4.94. The summed E-state index contributed by atoms with van der Waals surface area (Å²) in [6.07, 6.45) is 8.01. The first-order chi connectivity index (χ1) is 5.81. The lowest BCUT2D eigenvalue weighted by Crippen LogP contribution is -2.14. The first-order valence-electron chi connectivity index (χ1n) is 4.49. The number of hydrogen-bond acceptors (Lipinski definition) is 2.